The molecular formula is C15H21ClN4O3S. The largest absolute Gasteiger partial charge is 0.480 e. The number of rotatable bonds is 4. The van der Waals surface area contributed by atoms with Crippen LogP contribution >= 0.6 is 23.7 Å². The van der Waals surface area contributed by atoms with Crippen LogP contribution in [0.3, 0.4) is 0 Å². The van der Waals surface area contributed by atoms with E-state index in [1.807, 2.05) is 11.8 Å². The maximum absolute atomic E-state index is 12.8. The Morgan fingerprint density at radius 1 is 1.29 bits per heavy atom. The van der Waals surface area contributed by atoms with Crippen molar-refractivity contribution in [2.24, 2.45) is 0 Å². The van der Waals surface area contributed by atoms with Crippen molar-refractivity contribution in [3.8, 4) is 5.88 Å². The van der Waals surface area contributed by atoms with Crippen molar-refractivity contribution in [2.45, 2.75) is 13.5 Å². The molecule has 1 aliphatic rings. The van der Waals surface area contributed by atoms with Crippen molar-refractivity contribution in [1.82, 2.24) is 20.2 Å². The molecule has 1 N–H and O–H groups in total. The first kappa shape index (κ1) is 18.9. The highest BCUT2D eigenvalue weighted by atomic mass is 35.5. The summed E-state index contributed by atoms with van der Waals surface area (Å²) in [4.78, 5) is 25.0. The summed E-state index contributed by atoms with van der Waals surface area (Å²) in [5.41, 5.74) is 0.884. The zero-order valence-corrected chi connectivity index (χ0v) is 15.6. The number of aryl methyl sites for hydroxylation is 1. The fraction of sp³-hybridized carbons (Fsp3) is 0.533. The molecule has 3 rings (SSSR count). The Kier molecular flexibility index (Phi) is 6.34. The topological polar surface area (TPSA) is 76.6 Å². The molecule has 0 aliphatic carbocycles. The molecule has 132 valence electrons. The lowest BCUT2D eigenvalue weighted by atomic mass is 10.2. The summed E-state index contributed by atoms with van der Waals surface area (Å²) in [6.45, 7) is 5.35. The van der Waals surface area contributed by atoms with Crippen LogP contribution < -0.4 is 10.1 Å². The van der Waals surface area contributed by atoms with Crippen molar-refractivity contribution in [3.05, 3.63) is 16.3 Å². The number of methoxy groups -OCH3 is 2. The van der Waals surface area contributed by atoms with Gasteiger partial charge in [-0.2, -0.15) is 4.98 Å². The second-order valence-electron chi connectivity index (χ2n) is 5.36. The minimum absolute atomic E-state index is 0. The summed E-state index contributed by atoms with van der Waals surface area (Å²) in [7, 11) is 3.17. The number of hydrogen-bond donors (Lipinski definition) is 1. The van der Waals surface area contributed by atoms with Crippen LogP contribution in [0.5, 0.6) is 5.88 Å². The molecule has 2 aromatic rings. The van der Waals surface area contributed by atoms with Gasteiger partial charge in [-0.1, -0.05) is 0 Å². The Morgan fingerprint density at radius 3 is 2.62 bits per heavy atom. The number of nitrogens with one attached hydrogen (secondary N) is 1. The van der Waals surface area contributed by atoms with E-state index in [1.54, 1.807) is 14.2 Å². The first-order valence-corrected chi connectivity index (χ1v) is 8.30. The third-order valence-corrected chi connectivity index (χ3v) is 5.04. The van der Waals surface area contributed by atoms with Crippen LogP contribution in [0.4, 0.5) is 0 Å². The molecule has 0 radical (unpaired) electrons. The average Bonchev–Trinajstić information content (AvgIpc) is 2.91. The SMILES string of the molecule is COCc1nc(OC)c2c(C)c(C(=O)N3CCNCC3)sc2n1.Cl. The van der Waals surface area contributed by atoms with E-state index in [1.165, 1.54) is 11.3 Å². The zero-order chi connectivity index (χ0) is 16.4. The molecule has 1 amide bonds. The van der Waals surface area contributed by atoms with Gasteiger partial charge in [-0.25, -0.2) is 4.98 Å². The summed E-state index contributed by atoms with van der Waals surface area (Å²) in [5, 5.41) is 4.07. The highest BCUT2D eigenvalue weighted by molar-refractivity contribution is 7.20. The maximum atomic E-state index is 12.8. The fourth-order valence-electron chi connectivity index (χ4n) is 2.70. The molecule has 0 bridgehead atoms. The van der Waals surface area contributed by atoms with Crippen LogP contribution in [-0.2, 0) is 11.3 Å². The smallest absolute Gasteiger partial charge is 0.264 e. The Labute approximate surface area is 150 Å². The van der Waals surface area contributed by atoms with Crippen LogP contribution in [0.15, 0.2) is 0 Å². The van der Waals surface area contributed by atoms with E-state index in [2.05, 4.69) is 15.3 Å². The summed E-state index contributed by atoms with van der Waals surface area (Å²) in [6.07, 6.45) is 0. The lowest BCUT2D eigenvalue weighted by Gasteiger charge is -2.27. The Hall–Kier alpha value is -1.48. The van der Waals surface area contributed by atoms with Crippen molar-refractivity contribution in [2.75, 3.05) is 40.4 Å². The molecule has 7 nitrogen and oxygen atoms in total. The summed E-state index contributed by atoms with van der Waals surface area (Å²) in [5.74, 6) is 1.11. The minimum atomic E-state index is 0. The number of fused-ring (bicyclic) bond motifs is 1. The highest BCUT2D eigenvalue weighted by Crippen LogP contribution is 2.35. The molecular weight excluding hydrogens is 352 g/mol. The Morgan fingerprint density at radius 2 is 2.00 bits per heavy atom. The van der Waals surface area contributed by atoms with Crippen molar-refractivity contribution in [3.63, 3.8) is 0 Å². The average molecular weight is 373 g/mol. The van der Waals surface area contributed by atoms with Gasteiger partial charge < -0.3 is 19.7 Å². The maximum Gasteiger partial charge on any atom is 0.264 e. The van der Waals surface area contributed by atoms with Gasteiger partial charge in [-0.05, 0) is 12.5 Å². The van der Waals surface area contributed by atoms with Crippen LogP contribution in [0.1, 0.15) is 21.1 Å². The van der Waals surface area contributed by atoms with E-state index >= 15 is 0 Å². The van der Waals surface area contributed by atoms with Crippen molar-refractivity contribution in [1.29, 1.82) is 0 Å². The molecule has 1 aliphatic heterocycles. The monoisotopic (exact) mass is 372 g/mol. The number of ether oxygens (including phenoxy) is 2. The number of carbonyl (C=O) groups is 1. The molecule has 2 aromatic heterocycles. The second kappa shape index (κ2) is 8.06. The number of halogens is 1. The van der Waals surface area contributed by atoms with Crippen molar-refractivity contribution >= 4 is 39.9 Å². The molecule has 0 spiro atoms. The number of piperazine rings is 1. The minimum Gasteiger partial charge on any atom is -0.480 e. The number of hydrogen-bond acceptors (Lipinski definition) is 7. The molecule has 24 heavy (non-hydrogen) atoms. The molecule has 1 saturated heterocycles. The van der Waals surface area contributed by atoms with E-state index < -0.39 is 0 Å². The van der Waals surface area contributed by atoms with Gasteiger partial charge in [0.15, 0.2) is 5.82 Å². The van der Waals surface area contributed by atoms with Crippen LogP contribution in [0.25, 0.3) is 10.2 Å². The predicted molar refractivity (Wildman–Crippen MR) is 95.4 cm³/mol. The zero-order valence-electron chi connectivity index (χ0n) is 13.9. The molecule has 0 aromatic carbocycles. The lowest BCUT2D eigenvalue weighted by Crippen LogP contribution is -2.46. The Bertz CT molecular complexity index is 731. The lowest BCUT2D eigenvalue weighted by molar-refractivity contribution is 0.0740. The molecule has 9 heteroatoms. The molecule has 0 unspecified atom stereocenters. The molecule has 0 atom stereocenters. The van der Waals surface area contributed by atoms with Crippen LogP contribution in [0, 0.1) is 6.92 Å². The normalized spacial score (nSPS) is 14.5. The van der Waals surface area contributed by atoms with Crippen LogP contribution in [-0.4, -0.2) is 61.2 Å². The van der Waals surface area contributed by atoms with Crippen LogP contribution in [0.2, 0.25) is 0 Å². The molecule has 1 fully saturated rings. The molecule has 0 saturated carbocycles. The summed E-state index contributed by atoms with van der Waals surface area (Å²) in [6, 6.07) is 0. The first-order valence-electron chi connectivity index (χ1n) is 7.48. The number of amides is 1. The standard InChI is InChI=1S/C15H20N4O3S.ClH/c1-9-11-13(22-3)17-10(8-21-2)18-14(11)23-12(9)15(20)19-6-4-16-5-7-19;/h16H,4-8H2,1-3H3;1H. The van der Waals surface area contributed by atoms with Gasteiger partial charge in [0.1, 0.15) is 11.4 Å². The fourth-order valence-corrected chi connectivity index (χ4v) is 3.86. The van der Waals surface area contributed by atoms with Gasteiger partial charge in [-0.3, -0.25) is 4.79 Å². The van der Waals surface area contributed by atoms with E-state index in [0.29, 0.717) is 23.2 Å². The third kappa shape index (κ3) is 3.46. The quantitative estimate of drug-likeness (QED) is 0.878. The number of thiophene rings is 1. The summed E-state index contributed by atoms with van der Waals surface area (Å²) < 4.78 is 10.5. The van der Waals surface area contributed by atoms with E-state index in [0.717, 1.165) is 42.0 Å². The Balaban J connectivity index is 0.00000208. The highest BCUT2D eigenvalue weighted by Gasteiger charge is 2.25. The van der Waals surface area contributed by atoms with Gasteiger partial charge in [0.05, 0.1) is 17.4 Å². The molecule has 3 heterocycles. The van der Waals surface area contributed by atoms with E-state index in [4.69, 9.17) is 9.47 Å². The summed E-state index contributed by atoms with van der Waals surface area (Å²) >= 11 is 1.40. The number of carbonyl (C=O) groups excluding carboxylic acids is 1. The van der Waals surface area contributed by atoms with E-state index in [9.17, 15) is 4.79 Å². The van der Waals surface area contributed by atoms with Gasteiger partial charge in [-0.15, -0.1) is 23.7 Å². The third-order valence-electron chi connectivity index (χ3n) is 3.87. The first-order chi connectivity index (χ1) is 11.2. The van der Waals surface area contributed by atoms with Gasteiger partial charge in [0.2, 0.25) is 5.88 Å². The van der Waals surface area contributed by atoms with Gasteiger partial charge in [0, 0.05) is 33.3 Å². The van der Waals surface area contributed by atoms with Crippen molar-refractivity contribution < 1.29 is 14.3 Å². The second-order valence-corrected chi connectivity index (χ2v) is 6.36. The van der Waals surface area contributed by atoms with E-state index in [-0.39, 0.29) is 18.3 Å². The van der Waals surface area contributed by atoms with Gasteiger partial charge >= 0.3 is 0 Å². The predicted octanol–water partition coefficient (Wildman–Crippen LogP) is 1.62. The van der Waals surface area contributed by atoms with Gasteiger partial charge in [0.25, 0.3) is 5.91 Å². The number of nitrogens with zero attached hydrogens (tertiary/aromatic N) is 3. The number of aromatic nitrogens is 2.